The minimum Gasteiger partial charge on any atom is -0.392 e. The highest BCUT2D eigenvalue weighted by Gasteiger charge is 2.18. The number of nitrogens with zero attached hydrogens (tertiary/aromatic N) is 2. The Balaban J connectivity index is 0.000000161. The molecule has 0 bridgehead atoms. The topological polar surface area (TPSA) is 46.0 Å². The molecule has 2 aliphatic rings. The second-order valence-corrected chi connectivity index (χ2v) is 10.1. The molecule has 2 fully saturated rings. The van der Waals surface area contributed by atoms with Crippen LogP contribution in [0.3, 0.4) is 0 Å². The Labute approximate surface area is 182 Å². The molecule has 0 radical (unpaired) electrons. The van der Waals surface area contributed by atoms with Gasteiger partial charge in [-0.3, -0.25) is 0 Å². The van der Waals surface area contributed by atoms with Crippen LogP contribution in [0.25, 0.3) is 0 Å². The van der Waals surface area contributed by atoms with E-state index in [0.29, 0.717) is 5.88 Å². The fourth-order valence-corrected chi connectivity index (χ4v) is 6.49. The van der Waals surface area contributed by atoms with Gasteiger partial charge in [-0.25, -0.2) is 9.97 Å². The van der Waals surface area contributed by atoms with Gasteiger partial charge in [0.05, 0.1) is 12.5 Å². The van der Waals surface area contributed by atoms with Crippen LogP contribution < -0.4 is 0 Å². The van der Waals surface area contributed by atoms with Crippen molar-refractivity contribution < 1.29 is 5.11 Å². The van der Waals surface area contributed by atoms with Crippen LogP contribution in [0.5, 0.6) is 0 Å². The molecule has 3 nitrogen and oxygen atoms in total. The van der Waals surface area contributed by atoms with Crippen LogP contribution in [0, 0.1) is 0 Å². The van der Waals surface area contributed by atoms with E-state index in [2.05, 4.69) is 16.0 Å². The first-order valence-electron chi connectivity index (χ1n) is 10.2. The molecule has 152 valence electrons. The van der Waals surface area contributed by atoms with Crippen molar-refractivity contribution in [3.8, 4) is 0 Å². The van der Waals surface area contributed by atoms with E-state index in [-0.39, 0.29) is 6.61 Å². The van der Waals surface area contributed by atoms with Crippen LogP contribution in [0.15, 0.2) is 46.7 Å². The van der Waals surface area contributed by atoms with Gasteiger partial charge in [0.1, 0.15) is 10.1 Å². The van der Waals surface area contributed by atoms with Crippen molar-refractivity contribution in [2.45, 2.75) is 84.4 Å². The maximum absolute atomic E-state index is 9.14. The highest BCUT2D eigenvalue weighted by atomic mass is 35.5. The second-order valence-electron chi connectivity index (χ2n) is 7.28. The lowest BCUT2D eigenvalue weighted by Gasteiger charge is -2.10. The van der Waals surface area contributed by atoms with Gasteiger partial charge in [0.15, 0.2) is 0 Å². The lowest BCUT2D eigenvalue weighted by atomic mass is 10.3. The Morgan fingerprint density at radius 2 is 1.29 bits per heavy atom. The van der Waals surface area contributed by atoms with E-state index in [4.69, 9.17) is 16.7 Å². The van der Waals surface area contributed by atoms with Crippen molar-refractivity contribution >= 4 is 35.1 Å². The Morgan fingerprint density at radius 1 is 0.821 bits per heavy atom. The predicted octanol–water partition coefficient (Wildman–Crippen LogP) is 6.46. The SMILES string of the molecule is ClCc1cccnc1SC1CCCC1.OCc1cccnc1SC1CCCC1. The van der Waals surface area contributed by atoms with Crippen LogP contribution in [-0.2, 0) is 12.5 Å². The maximum atomic E-state index is 9.14. The van der Waals surface area contributed by atoms with Crippen molar-refractivity contribution in [2.24, 2.45) is 0 Å². The van der Waals surface area contributed by atoms with E-state index in [0.717, 1.165) is 26.1 Å². The average Bonchev–Trinajstić information content (AvgIpc) is 3.44. The Kier molecular flexibility index (Phi) is 9.45. The lowest BCUT2D eigenvalue weighted by Crippen LogP contribution is -1.98. The molecule has 2 aromatic rings. The smallest absolute Gasteiger partial charge is 0.102 e. The molecule has 6 heteroatoms. The second kappa shape index (κ2) is 12.1. The first-order chi connectivity index (χ1) is 13.8. The summed E-state index contributed by atoms with van der Waals surface area (Å²) in [5.41, 5.74) is 2.13. The quantitative estimate of drug-likeness (QED) is 0.526. The Hall–Kier alpha value is -0.750. The third kappa shape index (κ3) is 6.65. The van der Waals surface area contributed by atoms with Crippen molar-refractivity contribution in [1.82, 2.24) is 9.97 Å². The molecule has 0 amide bonds. The predicted molar refractivity (Wildman–Crippen MR) is 120 cm³/mol. The summed E-state index contributed by atoms with van der Waals surface area (Å²) >= 11 is 9.60. The summed E-state index contributed by atoms with van der Waals surface area (Å²) in [5.74, 6) is 0.572. The van der Waals surface area contributed by atoms with Crippen LogP contribution in [0.1, 0.15) is 62.5 Å². The zero-order chi connectivity index (χ0) is 19.6. The summed E-state index contributed by atoms with van der Waals surface area (Å²) in [4.78, 5) is 8.71. The molecule has 1 N–H and O–H groups in total. The molecule has 28 heavy (non-hydrogen) atoms. The van der Waals surface area contributed by atoms with E-state index in [1.54, 1.807) is 6.20 Å². The number of hydrogen-bond acceptors (Lipinski definition) is 5. The number of hydrogen-bond donors (Lipinski definition) is 1. The normalized spacial score (nSPS) is 17.5. The summed E-state index contributed by atoms with van der Waals surface area (Å²) in [5, 5.41) is 12.8. The minimum absolute atomic E-state index is 0.100. The van der Waals surface area contributed by atoms with Gasteiger partial charge in [0.25, 0.3) is 0 Å². The maximum Gasteiger partial charge on any atom is 0.102 e. The molecule has 2 heterocycles. The molecule has 0 aliphatic heterocycles. The fourth-order valence-electron chi connectivity index (χ4n) is 3.61. The number of rotatable bonds is 6. The first kappa shape index (κ1) is 21.9. The first-order valence-corrected chi connectivity index (χ1v) is 12.5. The number of aromatic nitrogens is 2. The van der Waals surface area contributed by atoms with Crippen molar-refractivity contribution in [2.75, 3.05) is 0 Å². The zero-order valence-electron chi connectivity index (χ0n) is 16.2. The molecule has 2 saturated carbocycles. The minimum atomic E-state index is 0.100. The van der Waals surface area contributed by atoms with Crippen molar-refractivity contribution in [3.05, 3.63) is 47.8 Å². The van der Waals surface area contributed by atoms with Crippen LogP contribution in [0.2, 0.25) is 0 Å². The highest BCUT2D eigenvalue weighted by molar-refractivity contribution is 8.00. The fraction of sp³-hybridized carbons (Fsp3) is 0.545. The number of aliphatic hydroxyl groups excluding tert-OH is 1. The van der Waals surface area contributed by atoms with Gasteiger partial charge in [0, 0.05) is 28.5 Å². The number of alkyl halides is 1. The molecule has 2 aromatic heterocycles. The molecule has 0 saturated heterocycles. The Morgan fingerprint density at radius 3 is 1.75 bits per heavy atom. The largest absolute Gasteiger partial charge is 0.392 e. The van der Waals surface area contributed by atoms with Gasteiger partial charge in [-0.1, -0.05) is 37.8 Å². The van der Waals surface area contributed by atoms with E-state index < -0.39 is 0 Å². The summed E-state index contributed by atoms with van der Waals surface area (Å²) in [7, 11) is 0. The summed E-state index contributed by atoms with van der Waals surface area (Å²) in [6.45, 7) is 0.100. The van der Waals surface area contributed by atoms with Gasteiger partial charge in [-0.15, -0.1) is 35.1 Å². The van der Waals surface area contributed by atoms with Crippen LogP contribution in [0.4, 0.5) is 0 Å². The summed E-state index contributed by atoms with van der Waals surface area (Å²) < 4.78 is 0. The molecule has 4 rings (SSSR count). The van der Waals surface area contributed by atoms with Crippen LogP contribution in [-0.4, -0.2) is 25.6 Å². The van der Waals surface area contributed by atoms with E-state index in [9.17, 15) is 0 Å². The van der Waals surface area contributed by atoms with Crippen LogP contribution >= 0.6 is 35.1 Å². The van der Waals surface area contributed by atoms with Gasteiger partial charge < -0.3 is 5.11 Å². The third-order valence-electron chi connectivity index (χ3n) is 5.18. The zero-order valence-corrected chi connectivity index (χ0v) is 18.6. The van der Waals surface area contributed by atoms with E-state index in [1.807, 2.05) is 47.9 Å². The number of thioether (sulfide) groups is 2. The third-order valence-corrected chi connectivity index (χ3v) is 8.25. The molecular formula is C22H29ClN2OS2. The molecule has 0 spiro atoms. The van der Waals surface area contributed by atoms with Gasteiger partial charge >= 0.3 is 0 Å². The average molecular weight is 437 g/mol. The molecule has 0 atom stereocenters. The lowest BCUT2D eigenvalue weighted by molar-refractivity contribution is 0.278. The summed E-state index contributed by atoms with van der Waals surface area (Å²) in [6.07, 6.45) is 14.4. The van der Waals surface area contributed by atoms with Gasteiger partial charge in [-0.05, 0) is 43.4 Å². The Bertz CT molecular complexity index is 658. The number of aliphatic hydroxyl groups is 1. The van der Waals surface area contributed by atoms with E-state index in [1.165, 1.54) is 56.9 Å². The highest BCUT2D eigenvalue weighted by Crippen LogP contribution is 2.36. The molecule has 0 aromatic carbocycles. The van der Waals surface area contributed by atoms with Gasteiger partial charge in [-0.2, -0.15) is 0 Å². The van der Waals surface area contributed by atoms with E-state index >= 15 is 0 Å². The van der Waals surface area contributed by atoms with Gasteiger partial charge in [0.2, 0.25) is 0 Å². The number of pyridine rings is 2. The monoisotopic (exact) mass is 436 g/mol. The standard InChI is InChI=1S/C11H14ClNS.C11H15NOS/c12-8-9-4-3-7-13-11(9)14-10-5-1-2-6-10;13-8-9-4-3-7-12-11(9)14-10-5-1-2-6-10/h3-4,7,10H,1-2,5-6,8H2;3-4,7,10,13H,1-2,5-6,8H2. The van der Waals surface area contributed by atoms with Crippen molar-refractivity contribution in [1.29, 1.82) is 0 Å². The molecule has 0 unspecified atom stereocenters. The summed E-state index contributed by atoms with van der Waals surface area (Å²) in [6, 6.07) is 7.85. The molecular weight excluding hydrogens is 408 g/mol. The van der Waals surface area contributed by atoms with Crippen molar-refractivity contribution in [3.63, 3.8) is 0 Å². The molecule has 2 aliphatic carbocycles. The number of halogens is 1.